The Morgan fingerprint density at radius 2 is 1.86 bits per heavy atom. The fourth-order valence-electron chi connectivity index (χ4n) is 3.74. The molecule has 6 heteroatoms. The molecule has 5 rings (SSSR count). The number of hydrogen-bond acceptors (Lipinski definition) is 5. The number of thiazole rings is 1. The van der Waals surface area contributed by atoms with Gasteiger partial charge in [0.2, 0.25) is 0 Å². The van der Waals surface area contributed by atoms with Gasteiger partial charge in [-0.05, 0) is 61.1 Å². The second kappa shape index (κ2) is 7.29. The molecular weight excluding hydrogens is 384 g/mol. The fraction of sp³-hybridized carbons (Fsp3) is 0.174. The number of anilines is 1. The number of hydrogen-bond donors (Lipinski definition) is 1. The number of carbonyl (C=O) groups excluding carboxylic acids is 1. The van der Waals surface area contributed by atoms with Crippen LogP contribution in [-0.4, -0.2) is 10.9 Å². The molecule has 0 radical (unpaired) electrons. The second-order valence-electron chi connectivity index (χ2n) is 7.17. The number of rotatable bonds is 3. The SMILES string of the molecule is O=C(Nc1nc(-c2cc3ccccc3oc2=O)cs1)c1ccc2c(c1)CCCC2. The molecule has 0 fully saturated rings. The van der Waals surface area contributed by atoms with E-state index in [0.717, 1.165) is 18.2 Å². The third-order valence-electron chi connectivity index (χ3n) is 5.25. The van der Waals surface area contributed by atoms with Crippen LogP contribution in [0.5, 0.6) is 0 Å². The van der Waals surface area contributed by atoms with Crippen LogP contribution in [0.2, 0.25) is 0 Å². The van der Waals surface area contributed by atoms with Gasteiger partial charge in [-0.3, -0.25) is 10.1 Å². The summed E-state index contributed by atoms with van der Waals surface area (Å²) in [5, 5.41) is 5.88. The van der Waals surface area contributed by atoms with E-state index < -0.39 is 5.63 Å². The number of carbonyl (C=O) groups is 1. The van der Waals surface area contributed by atoms with Crippen molar-refractivity contribution < 1.29 is 9.21 Å². The molecule has 0 unspecified atom stereocenters. The van der Waals surface area contributed by atoms with Crippen molar-refractivity contribution in [2.75, 3.05) is 5.32 Å². The Labute approximate surface area is 171 Å². The van der Waals surface area contributed by atoms with Crippen molar-refractivity contribution in [2.45, 2.75) is 25.7 Å². The molecule has 2 aromatic carbocycles. The second-order valence-corrected chi connectivity index (χ2v) is 8.03. The van der Waals surface area contributed by atoms with Crippen molar-refractivity contribution in [2.24, 2.45) is 0 Å². The van der Waals surface area contributed by atoms with Gasteiger partial charge in [-0.15, -0.1) is 11.3 Å². The zero-order chi connectivity index (χ0) is 19.8. The highest BCUT2D eigenvalue weighted by Gasteiger charge is 2.16. The van der Waals surface area contributed by atoms with E-state index in [-0.39, 0.29) is 5.91 Å². The topological polar surface area (TPSA) is 72.2 Å². The molecule has 0 saturated carbocycles. The Kier molecular flexibility index (Phi) is 4.48. The van der Waals surface area contributed by atoms with Crippen LogP contribution in [0.1, 0.15) is 34.3 Å². The van der Waals surface area contributed by atoms with Crippen LogP contribution in [0.15, 0.2) is 63.1 Å². The zero-order valence-electron chi connectivity index (χ0n) is 15.6. The van der Waals surface area contributed by atoms with Crippen molar-refractivity contribution in [1.29, 1.82) is 0 Å². The first-order chi connectivity index (χ1) is 14.2. The molecule has 0 spiro atoms. The van der Waals surface area contributed by atoms with Crippen LogP contribution in [0.4, 0.5) is 5.13 Å². The molecule has 0 saturated heterocycles. The lowest BCUT2D eigenvalue weighted by Gasteiger charge is -2.16. The van der Waals surface area contributed by atoms with Crippen molar-refractivity contribution in [3.63, 3.8) is 0 Å². The zero-order valence-corrected chi connectivity index (χ0v) is 16.4. The van der Waals surface area contributed by atoms with E-state index >= 15 is 0 Å². The third kappa shape index (κ3) is 3.47. The van der Waals surface area contributed by atoms with Gasteiger partial charge in [0.05, 0.1) is 11.3 Å². The first kappa shape index (κ1) is 17.8. The Morgan fingerprint density at radius 1 is 1.03 bits per heavy atom. The minimum absolute atomic E-state index is 0.190. The van der Waals surface area contributed by atoms with Gasteiger partial charge in [0.25, 0.3) is 5.91 Å². The van der Waals surface area contributed by atoms with E-state index in [2.05, 4.69) is 16.4 Å². The van der Waals surface area contributed by atoms with E-state index in [9.17, 15) is 9.59 Å². The summed E-state index contributed by atoms with van der Waals surface area (Å²) in [6.45, 7) is 0. The van der Waals surface area contributed by atoms with E-state index in [1.807, 2.05) is 30.3 Å². The van der Waals surface area contributed by atoms with E-state index in [1.165, 1.54) is 35.3 Å². The fourth-order valence-corrected chi connectivity index (χ4v) is 4.44. The van der Waals surface area contributed by atoms with Crippen LogP contribution >= 0.6 is 11.3 Å². The summed E-state index contributed by atoms with van der Waals surface area (Å²) in [6, 6.07) is 15.0. The minimum atomic E-state index is -0.443. The Balaban J connectivity index is 1.40. The number of amides is 1. The Morgan fingerprint density at radius 3 is 2.76 bits per heavy atom. The van der Waals surface area contributed by atoms with Crippen LogP contribution in [0, 0.1) is 0 Å². The predicted octanol–water partition coefficient (Wildman–Crippen LogP) is 5.05. The number of nitrogens with one attached hydrogen (secondary N) is 1. The monoisotopic (exact) mass is 402 g/mol. The highest BCUT2D eigenvalue weighted by molar-refractivity contribution is 7.14. The van der Waals surface area contributed by atoms with Gasteiger partial charge < -0.3 is 4.42 Å². The lowest BCUT2D eigenvalue weighted by atomic mass is 9.90. The van der Waals surface area contributed by atoms with Crippen LogP contribution < -0.4 is 10.9 Å². The van der Waals surface area contributed by atoms with E-state index in [0.29, 0.717) is 27.5 Å². The van der Waals surface area contributed by atoms with Gasteiger partial charge in [-0.25, -0.2) is 9.78 Å². The molecule has 1 aliphatic carbocycles. The summed E-state index contributed by atoms with van der Waals surface area (Å²) in [5.74, 6) is -0.190. The number of benzene rings is 2. The maximum absolute atomic E-state index is 12.7. The predicted molar refractivity (Wildman–Crippen MR) is 115 cm³/mol. The first-order valence-electron chi connectivity index (χ1n) is 9.59. The summed E-state index contributed by atoms with van der Waals surface area (Å²) in [5.41, 5.74) is 4.21. The van der Waals surface area contributed by atoms with Gasteiger partial charge in [0, 0.05) is 16.3 Å². The average Bonchev–Trinajstić information content (AvgIpc) is 3.21. The molecule has 2 heterocycles. The molecule has 0 atom stereocenters. The van der Waals surface area contributed by atoms with Crippen LogP contribution in [-0.2, 0) is 12.8 Å². The normalized spacial score (nSPS) is 13.2. The number of nitrogens with zero attached hydrogens (tertiary/aromatic N) is 1. The molecule has 1 amide bonds. The van der Waals surface area contributed by atoms with Crippen LogP contribution in [0.25, 0.3) is 22.2 Å². The Bertz CT molecular complexity index is 1290. The number of aromatic nitrogens is 1. The summed E-state index contributed by atoms with van der Waals surface area (Å²) in [7, 11) is 0. The molecule has 1 N–H and O–H groups in total. The van der Waals surface area contributed by atoms with Gasteiger partial charge >= 0.3 is 5.63 Å². The maximum Gasteiger partial charge on any atom is 0.345 e. The van der Waals surface area contributed by atoms with Gasteiger partial charge in [0.15, 0.2) is 5.13 Å². The minimum Gasteiger partial charge on any atom is -0.422 e. The van der Waals surface area contributed by atoms with E-state index in [4.69, 9.17) is 4.42 Å². The quantitative estimate of drug-likeness (QED) is 0.487. The molecule has 0 bridgehead atoms. The summed E-state index contributed by atoms with van der Waals surface area (Å²) < 4.78 is 5.38. The van der Waals surface area contributed by atoms with Crippen LogP contribution in [0.3, 0.4) is 0 Å². The molecule has 29 heavy (non-hydrogen) atoms. The highest BCUT2D eigenvalue weighted by atomic mass is 32.1. The average molecular weight is 402 g/mol. The van der Waals surface area contributed by atoms with Crippen molar-refractivity contribution in [3.05, 3.63) is 81.0 Å². The molecule has 0 aliphatic heterocycles. The van der Waals surface area contributed by atoms with Crippen molar-refractivity contribution in [3.8, 4) is 11.3 Å². The number of aryl methyl sites for hydroxylation is 2. The maximum atomic E-state index is 12.7. The smallest absolute Gasteiger partial charge is 0.345 e. The highest BCUT2D eigenvalue weighted by Crippen LogP contribution is 2.26. The standard InChI is InChI=1S/C23H18N2O3S/c26-21(17-10-9-14-5-1-2-6-15(14)11-17)25-23-24-19(13-29-23)18-12-16-7-3-4-8-20(16)28-22(18)27/h3-4,7-13H,1-2,5-6H2,(H,24,25,26). The summed E-state index contributed by atoms with van der Waals surface area (Å²) in [4.78, 5) is 29.4. The molecule has 2 aromatic heterocycles. The van der Waals surface area contributed by atoms with E-state index in [1.54, 1.807) is 17.5 Å². The molecule has 4 aromatic rings. The molecule has 1 aliphatic rings. The van der Waals surface area contributed by atoms with Crippen molar-refractivity contribution in [1.82, 2.24) is 4.98 Å². The van der Waals surface area contributed by atoms with Gasteiger partial charge in [0.1, 0.15) is 5.58 Å². The molecule has 144 valence electrons. The summed E-state index contributed by atoms with van der Waals surface area (Å²) >= 11 is 1.29. The Hall–Kier alpha value is -3.25. The van der Waals surface area contributed by atoms with Crippen molar-refractivity contribution >= 4 is 33.3 Å². The first-order valence-corrected chi connectivity index (χ1v) is 10.5. The largest absolute Gasteiger partial charge is 0.422 e. The number of para-hydroxylation sites is 1. The van der Waals surface area contributed by atoms with Gasteiger partial charge in [-0.1, -0.05) is 24.3 Å². The number of fused-ring (bicyclic) bond motifs is 2. The lowest BCUT2D eigenvalue weighted by Crippen LogP contribution is -2.13. The van der Waals surface area contributed by atoms with Gasteiger partial charge in [-0.2, -0.15) is 0 Å². The summed E-state index contributed by atoms with van der Waals surface area (Å²) in [6.07, 6.45) is 4.49. The molecule has 5 nitrogen and oxygen atoms in total. The third-order valence-corrected chi connectivity index (χ3v) is 6.01. The molecular formula is C23H18N2O3S. The lowest BCUT2D eigenvalue weighted by molar-refractivity contribution is 0.102.